The number of carbonyl (C=O) groups is 4. The topological polar surface area (TPSA) is 237 Å². The van der Waals surface area contributed by atoms with Crippen molar-refractivity contribution in [2.45, 2.75) is 380 Å². The van der Waals surface area contributed by atoms with Crippen LogP contribution in [-0.4, -0.2) is 96.7 Å². The Morgan fingerprint density at radius 2 is 0.577 bits per heavy atom. The molecule has 0 saturated carbocycles. The first-order chi connectivity index (χ1) is 47.1. The van der Waals surface area contributed by atoms with Gasteiger partial charge in [0.2, 0.25) is 0 Å². The molecule has 97 heavy (non-hydrogen) atoms. The minimum Gasteiger partial charge on any atom is -0.462 e. The Morgan fingerprint density at radius 1 is 0.330 bits per heavy atom. The molecule has 6 atom stereocenters. The van der Waals surface area contributed by atoms with E-state index in [0.717, 1.165) is 128 Å². The van der Waals surface area contributed by atoms with Crippen LogP contribution < -0.4 is 0 Å². The number of unbranched alkanes of at least 4 members (excludes halogenated alkanes) is 39. The molecule has 0 radical (unpaired) electrons. The third-order valence-corrected chi connectivity index (χ3v) is 19.3. The SMILES string of the molecule is CCCCCC/C=C\C=C/CCCCCCCC(=O)OC[C@H](COP(=O)(O)OC[C@@H](O)COP(=O)(O)OC[C@@H](COC(=O)CCCCCCCCCCCCCCC)OC(=O)CCCCCCCCCCCCC(C)CC)OC(=O)CCCCCCC/C=C\C=C/CCCCCC. The highest BCUT2D eigenvalue weighted by molar-refractivity contribution is 7.47. The quantitative estimate of drug-likeness (QED) is 0.0169. The highest BCUT2D eigenvalue weighted by Crippen LogP contribution is 2.45. The maximum atomic E-state index is 13.1. The predicted octanol–water partition coefficient (Wildman–Crippen LogP) is 22.4. The van der Waals surface area contributed by atoms with Crippen molar-refractivity contribution in [1.82, 2.24) is 0 Å². The molecule has 0 aromatic heterocycles. The summed E-state index contributed by atoms with van der Waals surface area (Å²) in [5.41, 5.74) is 0. The van der Waals surface area contributed by atoms with Crippen LogP contribution in [0.2, 0.25) is 0 Å². The number of hydrogen-bond donors (Lipinski definition) is 3. The Labute approximate surface area is 591 Å². The van der Waals surface area contributed by atoms with E-state index in [1.165, 1.54) is 154 Å². The van der Waals surface area contributed by atoms with E-state index in [2.05, 4.69) is 83.2 Å². The molecule has 3 unspecified atom stereocenters. The van der Waals surface area contributed by atoms with Crippen LogP contribution in [-0.2, 0) is 65.4 Å². The molecule has 0 fully saturated rings. The zero-order valence-corrected chi connectivity index (χ0v) is 64.0. The molecule has 0 rings (SSSR count). The number of esters is 4. The van der Waals surface area contributed by atoms with Gasteiger partial charge >= 0.3 is 39.5 Å². The molecule has 3 N–H and O–H groups in total. The second-order valence-electron chi connectivity index (χ2n) is 27.0. The number of rotatable bonds is 74. The molecule has 0 bridgehead atoms. The number of aliphatic hydroxyl groups excluding tert-OH is 1. The van der Waals surface area contributed by atoms with Gasteiger partial charge in [-0.1, -0.05) is 308 Å². The van der Waals surface area contributed by atoms with Crippen molar-refractivity contribution < 1.29 is 80.2 Å². The van der Waals surface area contributed by atoms with Crippen molar-refractivity contribution >= 4 is 39.5 Å². The monoisotopic (exact) mass is 1410 g/mol. The Morgan fingerprint density at radius 3 is 0.876 bits per heavy atom. The number of ether oxygens (including phenoxy) is 4. The van der Waals surface area contributed by atoms with E-state index in [9.17, 15) is 43.2 Å². The fourth-order valence-electron chi connectivity index (χ4n) is 10.9. The summed E-state index contributed by atoms with van der Waals surface area (Å²) in [6.07, 6.45) is 65.2. The third-order valence-electron chi connectivity index (χ3n) is 17.4. The number of aliphatic hydroxyl groups is 1. The second-order valence-corrected chi connectivity index (χ2v) is 29.9. The van der Waals surface area contributed by atoms with Crippen LogP contribution >= 0.6 is 15.6 Å². The van der Waals surface area contributed by atoms with Gasteiger partial charge in [0.05, 0.1) is 26.4 Å². The molecule has 19 heteroatoms. The van der Waals surface area contributed by atoms with Gasteiger partial charge in [0.25, 0.3) is 0 Å². The average Bonchev–Trinajstić information content (AvgIpc) is 1.12. The van der Waals surface area contributed by atoms with Gasteiger partial charge in [-0.05, 0) is 83.0 Å². The van der Waals surface area contributed by atoms with Crippen LogP contribution in [0.1, 0.15) is 362 Å². The molecule has 0 aliphatic carbocycles. The summed E-state index contributed by atoms with van der Waals surface area (Å²) in [5, 5.41) is 10.6. The first kappa shape index (κ1) is 94.0. The van der Waals surface area contributed by atoms with E-state index in [0.29, 0.717) is 25.7 Å². The summed E-state index contributed by atoms with van der Waals surface area (Å²) in [7, 11) is -9.94. The van der Waals surface area contributed by atoms with Crippen molar-refractivity contribution in [3.05, 3.63) is 48.6 Å². The molecule has 0 heterocycles. The van der Waals surface area contributed by atoms with Gasteiger partial charge in [-0.3, -0.25) is 37.3 Å². The number of hydrogen-bond acceptors (Lipinski definition) is 15. The maximum absolute atomic E-state index is 13.1. The molecule has 568 valence electrons. The average molecular weight is 1420 g/mol. The Balaban J connectivity index is 5.34. The molecule has 0 spiro atoms. The lowest BCUT2D eigenvalue weighted by molar-refractivity contribution is -0.161. The number of phosphoric ester groups is 2. The lowest BCUT2D eigenvalue weighted by Gasteiger charge is -2.21. The molecular weight excluding hydrogens is 1270 g/mol. The summed E-state index contributed by atoms with van der Waals surface area (Å²) in [5.74, 6) is -1.37. The fourth-order valence-corrected chi connectivity index (χ4v) is 12.5. The first-order valence-corrected chi connectivity index (χ1v) is 42.3. The van der Waals surface area contributed by atoms with Gasteiger partial charge in [-0.2, -0.15) is 0 Å². The van der Waals surface area contributed by atoms with Crippen molar-refractivity contribution in [2.24, 2.45) is 5.92 Å². The zero-order valence-electron chi connectivity index (χ0n) is 62.2. The van der Waals surface area contributed by atoms with Gasteiger partial charge in [0.15, 0.2) is 12.2 Å². The zero-order chi connectivity index (χ0) is 71.2. The molecule has 0 saturated heterocycles. The molecule has 17 nitrogen and oxygen atoms in total. The lowest BCUT2D eigenvalue weighted by atomic mass is 9.99. The number of carbonyl (C=O) groups excluding carboxylic acids is 4. The van der Waals surface area contributed by atoms with E-state index in [1.54, 1.807) is 0 Å². The fraction of sp³-hybridized carbons (Fsp3) is 0.846. The van der Waals surface area contributed by atoms with Crippen LogP contribution in [0.4, 0.5) is 0 Å². The molecule has 0 aromatic rings. The number of allylic oxidation sites excluding steroid dienone is 8. The van der Waals surface area contributed by atoms with Crippen LogP contribution in [0, 0.1) is 5.92 Å². The molecule has 0 amide bonds. The summed E-state index contributed by atoms with van der Waals surface area (Å²) in [6.45, 7) is 7.20. The molecule has 0 aliphatic heterocycles. The second kappa shape index (κ2) is 70.1. The Hall–Kier alpha value is -2.98. The normalized spacial score (nSPS) is 14.5. The first-order valence-electron chi connectivity index (χ1n) is 39.3. The number of phosphoric acid groups is 2. The minimum atomic E-state index is -4.97. The lowest BCUT2D eigenvalue weighted by Crippen LogP contribution is -2.30. The van der Waals surface area contributed by atoms with E-state index in [1.807, 2.05) is 0 Å². The van der Waals surface area contributed by atoms with Crippen LogP contribution in [0.3, 0.4) is 0 Å². The smallest absolute Gasteiger partial charge is 0.462 e. The van der Waals surface area contributed by atoms with Crippen LogP contribution in [0.25, 0.3) is 0 Å². The molecular formula is C78H144O17P2. The third kappa shape index (κ3) is 69.9. The summed E-state index contributed by atoms with van der Waals surface area (Å²) in [6, 6.07) is 0. The van der Waals surface area contributed by atoms with Crippen molar-refractivity contribution in [1.29, 1.82) is 0 Å². The van der Waals surface area contributed by atoms with Crippen LogP contribution in [0.5, 0.6) is 0 Å². The van der Waals surface area contributed by atoms with E-state index < -0.39 is 97.5 Å². The van der Waals surface area contributed by atoms with Gasteiger partial charge in [0.1, 0.15) is 19.3 Å². The van der Waals surface area contributed by atoms with Crippen molar-refractivity contribution in [2.75, 3.05) is 39.6 Å². The largest absolute Gasteiger partial charge is 0.472 e. The molecule has 0 aliphatic rings. The van der Waals surface area contributed by atoms with Crippen molar-refractivity contribution in [3.8, 4) is 0 Å². The summed E-state index contributed by atoms with van der Waals surface area (Å²) >= 11 is 0. The Bertz CT molecular complexity index is 2050. The van der Waals surface area contributed by atoms with Gasteiger partial charge < -0.3 is 33.8 Å². The van der Waals surface area contributed by atoms with Gasteiger partial charge in [-0.25, -0.2) is 9.13 Å². The van der Waals surface area contributed by atoms with E-state index in [4.69, 9.17) is 37.0 Å². The maximum Gasteiger partial charge on any atom is 0.472 e. The van der Waals surface area contributed by atoms with Gasteiger partial charge in [0, 0.05) is 25.7 Å². The highest BCUT2D eigenvalue weighted by atomic mass is 31.2. The van der Waals surface area contributed by atoms with Gasteiger partial charge in [-0.15, -0.1) is 0 Å². The van der Waals surface area contributed by atoms with E-state index >= 15 is 0 Å². The molecule has 0 aromatic carbocycles. The predicted molar refractivity (Wildman–Crippen MR) is 395 cm³/mol. The summed E-state index contributed by atoms with van der Waals surface area (Å²) < 4.78 is 68.5. The van der Waals surface area contributed by atoms with E-state index in [-0.39, 0.29) is 25.7 Å². The highest BCUT2D eigenvalue weighted by Gasteiger charge is 2.30. The standard InChI is InChI=1S/C78H144O17P2/c1-6-10-13-16-19-22-25-28-30-33-36-42-47-52-57-62-76(81)89-67-73(94-77(82)63-58-53-48-43-37-34-31-29-26-23-20-17-14-11-7-2)69-92-96(84,85)90-65-72(79)66-91-97(86,87)93-70-74(68-88-75(80)61-56-51-46-41-35-32-27-24-21-18-15-12-8-3)95-78(83)64-59-54-49-44-39-38-40-45-50-55-60-71(5)9-4/h22-23,25-26,28-31,71-74,79H,6-21,24,27,32-70H2,1-5H3,(H,84,85)(H,86,87)/b25-22-,26-23-,30-28-,31-29-/t71?,72-,73-,74-/m1/s1. The van der Waals surface area contributed by atoms with Crippen LogP contribution in [0.15, 0.2) is 48.6 Å². The Kier molecular flexibility index (Phi) is 67.9. The minimum absolute atomic E-state index is 0.0783. The summed E-state index contributed by atoms with van der Waals surface area (Å²) in [4.78, 5) is 72.9. The van der Waals surface area contributed by atoms with Crippen molar-refractivity contribution in [3.63, 3.8) is 0 Å².